The summed E-state index contributed by atoms with van der Waals surface area (Å²) in [4.78, 5) is 22.9. The highest BCUT2D eigenvalue weighted by Crippen LogP contribution is 2.13. The summed E-state index contributed by atoms with van der Waals surface area (Å²) in [6, 6.07) is -0.889. The van der Waals surface area contributed by atoms with Crippen molar-refractivity contribution in [3.8, 4) is 0 Å². The van der Waals surface area contributed by atoms with Gasteiger partial charge in [-0.3, -0.25) is 4.79 Å². The van der Waals surface area contributed by atoms with Gasteiger partial charge in [-0.15, -0.1) is 0 Å². The van der Waals surface area contributed by atoms with Crippen LogP contribution in [0.5, 0.6) is 0 Å². The van der Waals surface area contributed by atoms with Gasteiger partial charge in [0.25, 0.3) is 0 Å². The third-order valence-corrected chi connectivity index (χ3v) is 3.41. The first-order chi connectivity index (χ1) is 9.41. The minimum absolute atomic E-state index is 0.0411. The van der Waals surface area contributed by atoms with E-state index in [1.165, 1.54) is 0 Å². The normalized spacial score (nSPS) is 22.3. The van der Waals surface area contributed by atoms with Gasteiger partial charge in [-0.05, 0) is 32.1 Å². The van der Waals surface area contributed by atoms with Gasteiger partial charge in [0.2, 0.25) is 5.91 Å². The molecule has 0 aromatic rings. The fourth-order valence-corrected chi connectivity index (χ4v) is 2.05. The van der Waals surface area contributed by atoms with Crippen LogP contribution in [0.2, 0.25) is 0 Å². The van der Waals surface area contributed by atoms with Gasteiger partial charge < -0.3 is 19.9 Å². The van der Waals surface area contributed by atoms with Gasteiger partial charge in [0, 0.05) is 6.61 Å². The second-order valence-corrected chi connectivity index (χ2v) is 5.53. The zero-order chi connectivity index (χ0) is 15.1. The van der Waals surface area contributed by atoms with Crippen LogP contribution in [0, 0.1) is 5.92 Å². The third kappa shape index (κ3) is 5.46. The highest BCUT2D eigenvalue weighted by atomic mass is 16.5. The minimum Gasteiger partial charge on any atom is -0.480 e. The van der Waals surface area contributed by atoms with Crippen LogP contribution in [0.3, 0.4) is 0 Å². The molecule has 1 amide bonds. The number of amides is 1. The number of nitrogens with one attached hydrogen (secondary N) is 1. The van der Waals surface area contributed by atoms with Gasteiger partial charge in [-0.2, -0.15) is 0 Å². The van der Waals surface area contributed by atoms with E-state index in [0.717, 1.165) is 25.9 Å². The van der Waals surface area contributed by atoms with Crippen molar-refractivity contribution in [1.82, 2.24) is 5.32 Å². The topological polar surface area (TPSA) is 84.9 Å². The van der Waals surface area contributed by atoms with Crippen molar-refractivity contribution >= 4 is 11.9 Å². The first kappa shape index (κ1) is 16.9. The van der Waals surface area contributed by atoms with Gasteiger partial charge in [-0.25, -0.2) is 4.79 Å². The molecule has 1 aliphatic heterocycles. The molecule has 0 saturated carbocycles. The molecule has 0 aromatic carbocycles. The Morgan fingerprint density at radius 2 is 2.05 bits per heavy atom. The van der Waals surface area contributed by atoms with Crippen LogP contribution in [-0.2, 0) is 19.1 Å². The number of hydrogen-bond acceptors (Lipinski definition) is 4. The fraction of sp³-hybridized carbons (Fsp3) is 0.857. The Kier molecular flexibility index (Phi) is 6.95. The molecule has 3 unspecified atom stereocenters. The lowest BCUT2D eigenvalue weighted by molar-refractivity contribution is -0.146. The molecule has 1 aliphatic rings. The second-order valence-electron chi connectivity index (χ2n) is 5.53. The van der Waals surface area contributed by atoms with Crippen molar-refractivity contribution in [2.24, 2.45) is 5.92 Å². The summed E-state index contributed by atoms with van der Waals surface area (Å²) in [7, 11) is 0. The summed E-state index contributed by atoms with van der Waals surface area (Å²) in [5, 5.41) is 11.5. The Labute approximate surface area is 119 Å². The summed E-state index contributed by atoms with van der Waals surface area (Å²) < 4.78 is 11.0. The van der Waals surface area contributed by atoms with Gasteiger partial charge in [0.05, 0.1) is 12.7 Å². The Morgan fingerprint density at radius 3 is 2.55 bits per heavy atom. The maximum Gasteiger partial charge on any atom is 0.326 e. The molecule has 20 heavy (non-hydrogen) atoms. The predicted molar refractivity (Wildman–Crippen MR) is 73.4 cm³/mol. The quantitative estimate of drug-likeness (QED) is 0.734. The summed E-state index contributed by atoms with van der Waals surface area (Å²) >= 11 is 0. The molecular formula is C14H25NO5. The van der Waals surface area contributed by atoms with Gasteiger partial charge >= 0.3 is 5.97 Å². The molecule has 3 atom stereocenters. The third-order valence-electron chi connectivity index (χ3n) is 3.41. The number of carbonyl (C=O) groups is 2. The fourth-order valence-electron chi connectivity index (χ4n) is 2.05. The van der Waals surface area contributed by atoms with E-state index in [4.69, 9.17) is 14.6 Å². The molecule has 1 fully saturated rings. The highest BCUT2D eigenvalue weighted by Gasteiger charge is 2.26. The molecule has 6 heteroatoms. The molecule has 0 aliphatic carbocycles. The van der Waals surface area contributed by atoms with Crippen molar-refractivity contribution in [3.05, 3.63) is 0 Å². The number of carboxylic acids is 1. The zero-order valence-electron chi connectivity index (χ0n) is 12.4. The van der Waals surface area contributed by atoms with Gasteiger partial charge in [-0.1, -0.05) is 13.8 Å². The number of ether oxygens (including phenoxy) is 2. The lowest BCUT2D eigenvalue weighted by Crippen LogP contribution is -2.48. The van der Waals surface area contributed by atoms with Crippen LogP contribution in [-0.4, -0.2) is 48.4 Å². The van der Waals surface area contributed by atoms with E-state index in [0.29, 0.717) is 6.61 Å². The van der Waals surface area contributed by atoms with Crippen LogP contribution in [0.1, 0.15) is 40.0 Å². The molecule has 6 nitrogen and oxygen atoms in total. The van der Waals surface area contributed by atoms with Crippen LogP contribution in [0.25, 0.3) is 0 Å². The molecule has 1 rings (SSSR count). The molecule has 0 spiro atoms. The van der Waals surface area contributed by atoms with Crippen LogP contribution < -0.4 is 5.32 Å². The standard InChI is InChI=1S/C14H25NO5/c1-9(2)12(14(17)18)15-13(16)10(3)20-8-11-6-4-5-7-19-11/h9-12H,4-8H2,1-3H3,(H,15,16)(H,17,18). The average molecular weight is 287 g/mol. The molecular weight excluding hydrogens is 262 g/mol. The van der Waals surface area contributed by atoms with Gasteiger partial charge in [0.15, 0.2) is 0 Å². The first-order valence-corrected chi connectivity index (χ1v) is 7.18. The van der Waals surface area contributed by atoms with E-state index in [2.05, 4.69) is 5.32 Å². The van der Waals surface area contributed by atoms with E-state index in [-0.39, 0.29) is 12.0 Å². The largest absolute Gasteiger partial charge is 0.480 e. The monoisotopic (exact) mass is 287 g/mol. The van der Waals surface area contributed by atoms with E-state index in [1.54, 1.807) is 20.8 Å². The number of carboxylic acid groups (broad SMARTS) is 1. The molecule has 116 valence electrons. The van der Waals surface area contributed by atoms with E-state index >= 15 is 0 Å². The smallest absolute Gasteiger partial charge is 0.326 e. The van der Waals surface area contributed by atoms with Gasteiger partial charge in [0.1, 0.15) is 12.1 Å². The maximum absolute atomic E-state index is 11.9. The Hall–Kier alpha value is -1.14. The summed E-state index contributed by atoms with van der Waals surface area (Å²) in [6.07, 6.45) is 2.49. The van der Waals surface area contributed by atoms with Crippen LogP contribution in [0.15, 0.2) is 0 Å². The lowest BCUT2D eigenvalue weighted by Gasteiger charge is -2.25. The summed E-state index contributed by atoms with van der Waals surface area (Å²) in [6.45, 7) is 6.23. The number of carbonyl (C=O) groups excluding carboxylic acids is 1. The lowest BCUT2D eigenvalue weighted by atomic mass is 10.0. The van der Waals surface area contributed by atoms with Crippen molar-refractivity contribution in [1.29, 1.82) is 0 Å². The number of aliphatic carboxylic acids is 1. The first-order valence-electron chi connectivity index (χ1n) is 7.18. The molecule has 1 heterocycles. The van der Waals surface area contributed by atoms with Crippen LogP contribution >= 0.6 is 0 Å². The van der Waals surface area contributed by atoms with Crippen molar-refractivity contribution in [2.45, 2.75) is 58.3 Å². The number of hydrogen-bond donors (Lipinski definition) is 2. The zero-order valence-corrected chi connectivity index (χ0v) is 12.4. The van der Waals surface area contributed by atoms with Crippen molar-refractivity contribution in [3.63, 3.8) is 0 Å². The van der Waals surface area contributed by atoms with Crippen LogP contribution in [0.4, 0.5) is 0 Å². The van der Waals surface area contributed by atoms with E-state index < -0.39 is 24.0 Å². The molecule has 1 saturated heterocycles. The van der Waals surface area contributed by atoms with Crippen molar-refractivity contribution in [2.75, 3.05) is 13.2 Å². The van der Waals surface area contributed by atoms with E-state index in [1.807, 2.05) is 0 Å². The Bertz CT molecular complexity index is 326. The van der Waals surface area contributed by atoms with E-state index in [9.17, 15) is 9.59 Å². The molecule has 0 radical (unpaired) electrons. The molecule has 0 bridgehead atoms. The number of rotatable bonds is 7. The van der Waals surface area contributed by atoms with Crippen molar-refractivity contribution < 1.29 is 24.2 Å². The molecule has 0 aromatic heterocycles. The predicted octanol–water partition coefficient (Wildman–Crippen LogP) is 1.19. The highest BCUT2D eigenvalue weighted by molar-refractivity contribution is 5.86. The Balaban J connectivity index is 2.35. The SMILES string of the molecule is CC(OCC1CCCCO1)C(=O)NC(C(=O)O)C(C)C. The minimum atomic E-state index is -1.03. The molecule has 2 N–H and O–H groups in total. The average Bonchev–Trinajstić information content (AvgIpc) is 2.42. The summed E-state index contributed by atoms with van der Waals surface area (Å²) in [5.41, 5.74) is 0. The Morgan fingerprint density at radius 1 is 1.35 bits per heavy atom. The summed E-state index contributed by atoms with van der Waals surface area (Å²) in [5.74, 6) is -1.61. The maximum atomic E-state index is 11.9. The second kappa shape index (κ2) is 8.21.